The van der Waals surface area contributed by atoms with E-state index in [9.17, 15) is 0 Å². The molecule has 9 aromatic rings. The van der Waals surface area contributed by atoms with Gasteiger partial charge >= 0.3 is 0 Å². The van der Waals surface area contributed by atoms with Gasteiger partial charge < -0.3 is 8.98 Å². The Bertz CT molecular complexity index is 2710. The van der Waals surface area contributed by atoms with Crippen LogP contribution in [0.25, 0.3) is 83.3 Å². The number of rotatable bonds is 3. The molecule has 0 unspecified atom stereocenters. The number of aromatic nitrogens is 3. The van der Waals surface area contributed by atoms with Crippen molar-refractivity contribution in [3.05, 3.63) is 151 Å². The molecule has 0 amide bonds. The zero-order valence-electron chi connectivity index (χ0n) is 26.0. The summed E-state index contributed by atoms with van der Waals surface area (Å²) in [6, 6.07) is 49.2. The Hall–Kier alpha value is -6.00. The quantitative estimate of drug-likeness (QED) is 0.202. The van der Waals surface area contributed by atoms with E-state index >= 15 is 0 Å². The van der Waals surface area contributed by atoms with Gasteiger partial charge in [-0.3, -0.25) is 0 Å². The molecular weight excluding hydrogens is 574 g/mol. The Labute approximate surface area is 271 Å². The number of furan rings is 1. The lowest BCUT2D eigenvalue weighted by molar-refractivity contribution is 0.630. The van der Waals surface area contributed by atoms with Crippen LogP contribution in [-0.4, -0.2) is 14.5 Å². The van der Waals surface area contributed by atoms with Crippen molar-refractivity contribution in [2.75, 3.05) is 0 Å². The van der Waals surface area contributed by atoms with Crippen LogP contribution in [0.15, 0.2) is 144 Å². The van der Waals surface area contributed by atoms with Gasteiger partial charge in [0.05, 0.1) is 22.4 Å². The van der Waals surface area contributed by atoms with Crippen LogP contribution in [0.3, 0.4) is 0 Å². The molecule has 0 atom stereocenters. The first-order chi connectivity index (χ1) is 23.1. The van der Waals surface area contributed by atoms with E-state index in [1.54, 1.807) is 0 Å². The second-order valence-corrected chi connectivity index (χ2v) is 13.0. The maximum atomic E-state index is 6.53. The molecule has 0 saturated heterocycles. The molecule has 4 heteroatoms. The van der Waals surface area contributed by atoms with Crippen molar-refractivity contribution in [2.45, 2.75) is 19.3 Å². The number of hydrogen-bond acceptors (Lipinski definition) is 3. The Balaban J connectivity index is 1.18. The van der Waals surface area contributed by atoms with Gasteiger partial charge in [0.15, 0.2) is 11.4 Å². The van der Waals surface area contributed by atoms with E-state index < -0.39 is 0 Å². The van der Waals surface area contributed by atoms with Crippen molar-refractivity contribution in [3.8, 4) is 39.5 Å². The molecule has 10 rings (SSSR count). The Morgan fingerprint density at radius 2 is 1.23 bits per heavy atom. The Morgan fingerprint density at radius 1 is 0.532 bits per heavy atom. The molecule has 0 radical (unpaired) electrons. The van der Waals surface area contributed by atoms with Gasteiger partial charge in [-0.05, 0) is 58.7 Å². The highest BCUT2D eigenvalue weighted by molar-refractivity contribution is 6.18. The molecule has 47 heavy (non-hydrogen) atoms. The van der Waals surface area contributed by atoms with E-state index in [0.29, 0.717) is 0 Å². The zero-order chi connectivity index (χ0) is 31.3. The topological polar surface area (TPSA) is 43.9 Å². The van der Waals surface area contributed by atoms with E-state index in [1.165, 1.54) is 22.3 Å². The first-order valence-corrected chi connectivity index (χ1v) is 16.1. The van der Waals surface area contributed by atoms with Gasteiger partial charge in [0.2, 0.25) is 0 Å². The third kappa shape index (κ3) is 3.70. The molecule has 0 fully saturated rings. The summed E-state index contributed by atoms with van der Waals surface area (Å²) >= 11 is 0. The minimum absolute atomic E-state index is 0.177. The lowest BCUT2D eigenvalue weighted by Gasteiger charge is -2.35. The smallest absolute Gasteiger partial charge is 0.161 e. The first-order valence-electron chi connectivity index (χ1n) is 16.1. The Morgan fingerprint density at radius 3 is 2.13 bits per heavy atom. The minimum atomic E-state index is -0.177. The van der Waals surface area contributed by atoms with E-state index in [4.69, 9.17) is 14.4 Å². The number of nitrogens with zero attached hydrogens (tertiary/aromatic N) is 3. The summed E-state index contributed by atoms with van der Waals surface area (Å²) in [6.45, 7) is 4.66. The average molecular weight is 604 g/mol. The first kappa shape index (κ1) is 26.2. The summed E-state index contributed by atoms with van der Waals surface area (Å²) in [5.41, 5.74) is 14.1. The van der Waals surface area contributed by atoms with Crippen LogP contribution in [0.5, 0.6) is 0 Å². The molecule has 1 aliphatic heterocycles. The standard InChI is InChI=1S/C43H29N3O/c1-43(2)33-23-22-28(25-36(33)46-39-32(18-11-19-34(39)43)41-40(46)31-17-7-9-21-37(31)47-41)27-14-10-15-29(24-27)42-44-35-20-8-6-16-30(35)38(45-42)26-12-4-3-5-13-26/h3-25H,1-2H3. The van der Waals surface area contributed by atoms with Gasteiger partial charge in [0.1, 0.15) is 11.1 Å². The van der Waals surface area contributed by atoms with Gasteiger partial charge in [-0.2, -0.15) is 0 Å². The van der Waals surface area contributed by atoms with Gasteiger partial charge in [0, 0.05) is 32.7 Å². The van der Waals surface area contributed by atoms with Gasteiger partial charge in [-0.25, -0.2) is 9.97 Å². The zero-order valence-corrected chi connectivity index (χ0v) is 26.0. The lowest BCUT2D eigenvalue weighted by Crippen LogP contribution is -2.26. The fourth-order valence-corrected chi connectivity index (χ4v) is 7.69. The molecule has 4 nitrogen and oxygen atoms in total. The number of benzene rings is 6. The molecule has 6 aromatic carbocycles. The summed E-state index contributed by atoms with van der Waals surface area (Å²) in [5, 5.41) is 3.33. The number of hydrogen-bond donors (Lipinski definition) is 0. The van der Waals surface area contributed by atoms with Crippen LogP contribution in [0.4, 0.5) is 0 Å². The summed E-state index contributed by atoms with van der Waals surface area (Å²) < 4.78 is 8.97. The van der Waals surface area contributed by atoms with Gasteiger partial charge in [0.25, 0.3) is 0 Å². The third-order valence-electron chi connectivity index (χ3n) is 9.99. The third-order valence-corrected chi connectivity index (χ3v) is 9.99. The molecular formula is C43H29N3O. The number of para-hydroxylation sites is 3. The van der Waals surface area contributed by atoms with Gasteiger partial charge in [-0.1, -0.05) is 117 Å². The van der Waals surface area contributed by atoms with Crippen molar-refractivity contribution < 1.29 is 4.42 Å². The monoisotopic (exact) mass is 603 g/mol. The van der Waals surface area contributed by atoms with E-state index in [-0.39, 0.29) is 5.41 Å². The second kappa shape index (κ2) is 9.51. The highest BCUT2D eigenvalue weighted by Gasteiger charge is 2.36. The van der Waals surface area contributed by atoms with Crippen LogP contribution in [-0.2, 0) is 5.41 Å². The van der Waals surface area contributed by atoms with Crippen LogP contribution >= 0.6 is 0 Å². The van der Waals surface area contributed by atoms with Crippen molar-refractivity contribution in [2.24, 2.45) is 0 Å². The molecule has 0 aliphatic carbocycles. The highest BCUT2D eigenvalue weighted by atomic mass is 16.3. The Kier molecular flexibility index (Phi) is 5.31. The lowest BCUT2D eigenvalue weighted by atomic mass is 9.74. The highest BCUT2D eigenvalue weighted by Crippen LogP contribution is 2.50. The van der Waals surface area contributed by atoms with Crippen LogP contribution in [0.2, 0.25) is 0 Å². The van der Waals surface area contributed by atoms with E-state index in [0.717, 1.165) is 72.1 Å². The molecule has 4 heterocycles. The summed E-state index contributed by atoms with van der Waals surface area (Å²) in [7, 11) is 0. The SMILES string of the molecule is CC1(C)c2ccc(-c3cccc(-c4nc(-c5ccccc5)c5ccccc5n4)c3)cc2-n2c3c1cccc3c1oc3ccccc3c12. The maximum Gasteiger partial charge on any atom is 0.161 e. The predicted octanol–water partition coefficient (Wildman–Crippen LogP) is 11.1. The summed E-state index contributed by atoms with van der Waals surface area (Å²) in [5.74, 6) is 0.719. The molecule has 0 saturated carbocycles. The van der Waals surface area contributed by atoms with Crippen molar-refractivity contribution in [1.82, 2.24) is 14.5 Å². The van der Waals surface area contributed by atoms with Crippen LogP contribution in [0, 0.1) is 0 Å². The van der Waals surface area contributed by atoms with Crippen molar-refractivity contribution >= 4 is 43.9 Å². The molecule has 222 valence electrons. The van der Waals surface area contributed by atoms with Crippen LogP contribution in [0.1, 0.15) is 25.0 Å². The van der Waals surface area contributed by atoms with Crippen molar-refractivity contribution in [1.29, 1.82) is 0 Å². The number of fused-ring (bicyclic) bond motifs is 8. The van der Waals surface area contributed by atoms with Crippen LogP contribution < -0.4 is 0 Å². The fourth-order valence-electron chi connectivity index (χ4n) is 7.69. The molecule has 0 spiro atoms. The van der Waals surface area contributed by atoms with E-state index in [1.807, 2.05) is 24.3 Å². The molecule has 0 bridgehead atoms. The minimum Gasteiger partial charge on any atom is -0.454 e. The normalized spacial score (nSPS) is 13.5. The summed E-state index contributed by atoms with van der Waals surface area (Å²) in [6.07, 6.45) is 0. The molecule has 0 N–H and O–H groups in total. The maximum absolute atomic E-state index is 6.53. The summed E-state index contributed by atoms with van der Waals surface area (Å²) in [4.78, 5) is 10.2. The largest absolute Gasteiger partial charge is 0.454 e. The fraction of sp³-hybridized carbons (Fsp3) is 0.0698. The average Bonchev–Trinajstić information content (AvgIpc) is 3.66. The predicted molar refractivity (Wildman–Crippen MR) is 192 cm³/mol. The van der Waals surface area contributed by atoms with E-state index in [2.05, 4.69) is 134 Å². The molecule has 1 aliphatic rings. The van der Waals surface area contributed by atoms with Crippen molar-refractivity contribution in [3.63, 3.8) is 0 Å². The van der Waals surface area contributed by atoms with Gasteiger partial charge in [-0.15, -0.1) is 0 Å². The second-order valence-electron chi connectivity index (χ2n) is 13.0. The molecule has 3 aromatic heterocycles.